The molecule has 0 saturated heterocycles. The molecule has 138 valence electrons. The molecule has 0 radical (unpaired) electrons. The molecule has 1 aromatic heterocycles. The summed E-state index contributed by atoms with van der Waals surface area (Å²) in [6.07, 6.45) is 0. The minimum Gasteiger partial charge on any atom is -0.487 e. The van der Waals surface area contributed by atoms with Gasteiger partial charge < -0.3 is 9.64 Å². The Bertz CT molecular complexity index is 969. The van der Waals surface area contributed by atoms with Crippen LogP contribution in [0.15, 0.2) is 54.6 Å². The Labute approximate surface area is 157 Å². The zero-order valence-electron chi connectivity index (χ0n) is 15.1. The first-order chi connectivity index (χ1) is 13.1. The zero-order chi connectivity index (χ0) is 18.8. The summed E-state index contributed by atoms with van der Waals surface area (Å²) in [5.74, 6) is 0.0215. The van der Waals surface area contributed by atoms with Crippen molar-refractivity contribution in [2.45, 2.75) is 26.6 Å². The highest BCUT2D eigenvalue weighted by Crippen LogP contribution is 2.19. The van der Waals surface area contributed by atoms with Crippen LogP contribution in [0.1, 0.15) is 27.3 Å². The van der Waals surface area contributed by atoms with Crippen molar-refractivity contribution in [2.24, 2.45) is 0 Å². The molecule has 0 spiro atoms. The number of carbonyl (C=O) groups excluding carboxylic acids is 1. The van der Waals surface area contributed by atoms with Crippen molar-refractivity contribution in [3.8, 4) is 5.75 Å². The Kier molecular flexibility index (Phi) is 4.62. The number of halogens is 1. The molecule has 1 amide bonds. The van der Waals surface area contributed by atoms with Gasteiger partial charge in [-0.3, -0.25) is 9.48 Å². The van der Waals surface area contributed by atoms with Gasteiger partial charge in [0.05, 0.1) is 24.3 Å². The fourth-order valence-corrected chi connectivity index (χ4v) is 3.21. The van der Waals surface area contributed by atoms with Gasteiger partial charge >= 0.3 is 0 Å². The Balaban J connectivity index is 1.45. The van der Waals surface area contributed by atoms with Crippen molar-refractivity contribution in [3.63, 3.8) is 0 Å². The van der Waals surface area contributed by atoms with Crippen LogP contribution in [0.5, 0.6) is 5.75 Å². The van der Waals surface area contributed by atoms with Crippen LogP contribution in [0.25, 0.3) is 0 Å². The quantitative estimate of drug-likeness (QED) is 0.710. The van der Waals surface area contributed by atoms with E-state index in [4.69, 9.17) is 4.74 Å². The minimum absolute atomic E-state index is 0.112. The number of nitrogens with zero attached hydrogens (tertiary/aromatic N) is 3. The molecule has 27 heavy (non-hydrogen) atoms. The molecule has 1 aliphatic rings. The lowest BCUT2D eigenvalue weighted by molar-refractivity contribution is 0.0701. The van der Waals surface area contributed by atoms with Gasteiger partial charge in [-0.15, -0.1) is 0 Å². The molecule has 4 rings (SSSR count). The largest absolute Gasteiger partial charge is 0.487 e. The van der Waals surface area contributed by atoms with E-state index in [1.54, 1.807) is 24.0 Å². The smallest absolute Gasteiger partial charge is 0.257 e. The van der Waals surface area contributed by atoms with Gasteiger partial charge in [-0.05, 0) is 42.8 Å². The van der Waals surface area contributed by atoms with Crippen LogP contribution in [0.4, 0.5) is 4.39 Å². The zero-order valence-corrected chi connectivity index (χ0v) is 15.1. The fraction of sp³-hybridized carbons (Fsp3) is 0.238. The lowest BCUT2D eigenvalue weighted by Crippen LogP contribution is -2.38. The van der Waals surface area contributed by atoms with Crippen molar-refractivity contribution in [1.29, 1.82) is 0 Å². The van der Waals surface area contributed by atoms with Gasteiger partial charge in [-0.1, -0.05) is 24.3 Å². The summed E-state index contributed by atoms with van der Waals surface area (Å²) in [5.41, 5.74) is 2.64. The summed E-state index contributed by atoms with van der Waals surface area (Å²) in [5, 5.41) is 4.54. The van der Waals surface area contributed by atoms with Gasteiger partial charge in [0.25, 0.3) is 5.91 Å². The summed E-state index contributed by atoms with van der Waals surface area (Å²) in [4.78, 5) is 14.4. The second kappa shape index (κ2) is 7.23. The number of hydrogen-bond acceptors (Lipinski definition) is 3. The second-order valence-corrected chi connectivity index (χ2v) is 6.66. The van der Waals surface area contributed by atoms with E-state index in [1.807, 2.05) is 41.1 Å². The third-order valence-corrected chi connectivity index (χ3v) is 4.62. The normalized spacial score (nSPS) is 13.3. The number of fused-ring (bicyclic) bond motifs is 1. The average molecular weight is 365 g/mol. The van der Waals surface area contributed by atoms with Crippen molar-refractivity contribution in [2.75, 3.05) is 6.54 Å². The molecule has 0 N–H and O–H groups in total. The van der Waals surface area contributed by atoms with Crippen LogP contribution >= 0.6 is 0 Å². The van der Waals surface area contributed by atoms with Crippen molar-refractivity contribution in [1.82, 2.24) is 14.7 Å². The highest BCUT2D eigenvalue weighted by atomic mass is 19.1. The summed E-state index contributed by atoms with van der Waals surface area (Å²) in [6, 6.07) is 16.2. The lowest BCUT2D eigenvalue weighted by atomic mass is 10.1. The van der Waals surface area contributed by atoms with E-state index in [0.29, 0.717) is 26.2 Å². The molecule has 0 aliphatic carbocycles. The predicted octanol–water partition coefficient (Wildman–Crippen LogP) is 3.57. The molecule has 0 saturated carbocycles. The van der Waals surface area contributed by atoms with E-state index in [2.05, 4.69) is 5.10 Å². The highest BCUT2D eigenvalue weighted by molar-refractivity contribution is 5.94. The third kappa shape index (κ3) is 3.69. The van der Waals surface area contributed by atoms with E-state index in [0.717, 1.165) is 22.7 Å². The summed E-state index contributed by atoms with van der Waals surface area (Å²) in [6.45, 7) is 3.66. The molecule has 0 bridgehead atoms. The van der Waals surface area contributed by atoms with Gasteiger partial charge in [0, 0.05) is 6.54 Å². The van der Waals surface area contributed by atoms with E-state index in [9.17, 15) is 9.18 Å². The number of rotatable bonds is 4. The lowest BCUT2D eigenvalue weighted by Gasteiger charge is -2.27. The first-order valence-electron chi connectivity index (χ1n) is 8.89. The summed E-state index contributed by atoms with van der Waals surface area (Å²) >= 11 is 0. The fourth-order valence-electron chi connectivity index (χ4n) is 3.21. The maximum Gasteiger partial charge on any atom is 0.257 e. The molecule has 0 atom stereocenters. The standard InChI is InChI=1S/C21H20FN3O2/c1-15-7-8-19(20(22)11-15)21(26)24-9-10-25-17(13-24)12-16(23-25)14-27-18-5-3-2-4-6-18/h2-8,11-12H,9-10,13-14H2,1H3. The Hall–Kier alpha value is -3.15. The van der Waals surface area contributed by atoms with Crippen LogP contribution < -0.4 is 4.74 Å². The summed E-state index contributed by atoms with van der Waals surface area (Å²) in [7, 11) is 0. The average Bonchev–Trinajstić information content (AvgIpc) is 3.09. The van der Waals surface area contributed by atoms with E-state index in [1.165, 1.54) is 6.07 Å². The van der Waals surface area contributed by atoms with Crippen LogP contribution in [0.2, 0.25) is 0 Å². The van der Waals surface area contributed by atoms with Gasteiger partial charge in [0.2, 0.25) is 0 Å². The van der Waals surface area contributed by atoms with Crippen LogP contribution in [-0.4, -0.2) is 27.1 Å². The molecular weight excluding hydrogens is 345 g/mol. The Morgan fingerprint density at radius 2 is 1.96 bits per heavy atom. The maximum atomic E-state index is 14.1. The predicted molar refractivity (Wildman–Crippen MR) is 98.9 cm³/mol. The number of hydrogen-bond donors (Lipinski definition) is 0. The molecule has 0 fully saturated rings. The van der Waals surface area contributed by atoms with E-state index >= 15 is 0 Å². The third-order valence-electron chi connectivity index (χ3n) is 4.62. The van der Waals surface area contributed by atoms with Crippen molar-refractivity contribution in [3.05, 3.63) is 82.9 Å². The number of aryl methyl sites for hydroxylation is 1. The second-order valence-electron chi connectivity index (χ2n) is 6.66. The first kappa shape index (κ1) is 17.3. The van der Waals surface area contributed by atoms with E-state index < -0.39 is 5.82 Å². The molecule has 2 heterocycles. The number of aromatic nitrogens is 2. The number of ether oxygens (including phenoxy) is 1. The number of amides is 1. The van der Waals surface area contributed by atoms with Crippen molar-refractivity contribution < 1.29 is 13.9 Å². The van der Waals surface area contributed by atoms with Crippen LogP contribution in [0.3, 0.4) is 0 Å². The molecule has 0 unspecified atom stereocenters. The highest BCUT2D eigenvalue weighted by Gasteiger charge is 2.25. The van der Waals surface area contributed by atoms with Gasteiger partial charge in [-0.25, -0.2) is 4.39 Å². The van der Waals surface area contributed by atoms with Crippen molar-refractivity contribution >= 4 is 5.91 Å². The van der Waals surface area contributed by atoms with Gasteiger partial charge in [0.1, 0.15) is 23.9 Å². The Morgan fingerprint density at radius 1 is 1.15 bits per heavy atom. The Morgan fingerprint density at radius 3 is 2.74 bits per heavy atom. The van der Waals surface area contributed by atoms with Gasteiger partial charge in [-0.2, -0.15) is 5.10 Å². The first-order valence-corrected chi connectivity index (χ1v) is 8.89. The molecular formula is C21H20FN3O2. The van der Waals surface area contributed by atoms with E-state index in [-0.39, 0.29) is 11.5 Å². The molecule has 5 nitrogen and oxygen atoms in total. The SMILES string of the molecule is Cc1ccc(C(=O)N2CCn3nc(COc4ccccc4)cc3C2)c(F)c1. The summed E-state index contributed by atoms with van der Waals surface area (Å²) < 4.78 is 21.8. The van der Waals surface area contributed by atoms with Crippen LogP contribution in [-0.2, 0) is 19.7 Å². The molecule has 1 aliphatic heterocycles. The monoisotopic (exact) mass is 365 g/mol. The topological polar surface area (TPSA) is 47.4 Å². The molecule has 2 aromatic carbocycles. The van der Waals surface area contributed by atoms with Crippen LogP contribution in [0, 0.1) is 12.7 Å². The number of para-hydroxylation sites is 1. The molecule has 6 heteroatoms. The van der Waals surface area contributed by atoms with Gasteiger partial charge in [0.15, 0.2) is 0 Å². The maximum absolute atomic E-state index is 14.1. The number of carbonyl (C=O) groups is 1. The number of benzene rings is 2. The minimum atomic E-state index is -0.476. The molecule has 3 aromatic rings.